The average molecular weight is 319 g/mol. The van der Waals surface area contributed by atoms with Crippen molar-refractivity contribution in [2.45, 2.75) is 18.9 Å². The van der Waals surface area contributed by atoms with Crippen molar-refractivity contribution in [2.75, 3.05) is 11.9 Å². The molecule has 0 radical (unpaired) electrons. The Balaban J connectivity index is 1.97. The van der Waals surface area contributed by atoms with Gasteiger partial charge in [-0.15, -0.1) is 11.3 Å². The SMILES string of the molecule is CC(C(=O)N[C@@H](CO)C(=O)Nc1nccs1)c1ccccc1. The van der Waals surface area contributed by atoms with Crippen LogP contribution in [-0.4, -0.2) is 34.6 Å². The van der Waals surface area contributed by atoms with E-state index in [1.54, 1.807) is 18.5 Å². The van der Waals surface area contributed by atoms with Crippen molar-refractivity contribution < 1.29 is 14.7 Å². The summed E-state index contributed by atoms with van der Waals surface area (Å²) in [5.74, 6) is -1.23. The van der Waals surface area contributed by atoms with Crippen molar-refractivity contribution >= 4 is 28.3 Å². The number of nitrogens with one attached hydrogen (secondary N) is 2. The molecule has 1 aromatic carbocycles. The van der Waals surface area contributed by atoms with E-state index in [4.69, 9.17) is 0 Å². The predicted octanol–water partition coefficient (Wildman–Crippen LogP) is 1.36. The number of carbonyl (C=O) groups is 2. The minimum absolute atomic E-state index is 0.320. The Morgan fingerprint density at radius 1 is 1.27 bits per heavy atom. The molecule has 1 unspecified atom stereocenters. The predicted molar refractivity (Wildman–Crippen MR) is 84.6 cm³/mol. The highest BCUT2D eigenvalue weighted by molar-refractivity contribution is 7.13. The van der Waals surface area contributed by atoms with Crippen LogP contribution < -0.4 is 10.6 Å². The monoisotopic (exact) mass is 319 g/mol. The standard InChI is InChI=1S/C15H17N3O3S/c1-10(11-5-3-2-4-6-11)13(20)17-12(9-19)14(21)18-15-16-7-8-22-15/h2-8,10,12,19H,9H2,1H3,(H,17,20)(H,16,18,21)/t10?,12-/m0/s1. The number of amides is 2. The Hall–Kier alpha value is -2.25. The van der Waals surface area contributed by atoms with E-state index in [1.807, 2.05) is 30.3 Å². The number of benzene rings is 1. The lowest BCUT2D eigenvalue weighted by molar-refractivity contribution is -0.128. The molecule has 0 aliphatic carbocycles. The maximum Gasteiger partial charge on any atom is 0.251 e. The Kier molecular flexibility index (Phi) is 5.62. The molecule has 3 N–H and O–H groups in total. The van der Waals surface area contributed by atoms with E-state index in [1.165, 1.54) is 11.3 Å². The van der Waals surface area contributed by atoms with E-state index in [9.17, 15) is 14.7 Å². The maximum atomic E-state index is 12.2. The molecule has 2 rings (SSSR count). The second-order valence-electron chi connectivity index (χ2n) is 4.70. The van der Waals surface area contributed by atoms with Crippen LogP contribution in [0.1, 0.15) is 18.4 Å². The first-order valence-corrected chi connectivity index (χ1v) is 7.66. The molecular weight excluding hydrogens is 302 g/mol. The van der Waals surface area contributed by atoms with Crippen molar-refractivity contribution in [1.82, 2.24) is 10.3 Å². The molecule has 22 heavy (non-hydrogen) atoms. The Bertz CT molecular complexity index is 616. The third-order valence-corrected chi connectivity index (χ3v) is 3.86. The van der Waals surface area contributed by atoms with Crippen molar-refractivity contribution in [3.8, 4) is 0 Å². The summed E-state index contributed by atoms with van der Waals surface area (Å²) in [5, 5.41) is 16.6. The second-order valence-corrected chi connectivity index (χ2v) is 5.60. The molecule has 2 atom stereocenters. The number of aliphatic hydroxyl groups is 1. The molecule has 0 aliphatic heterocycles. The van der Waals surface area contributed by atoms with Gasteiger partial charge in [0.15, 0.2) is 5.13 Å². The van der Waals surface area contributed by atoms with E-state index in [-0.39, 0.29) is 5.91 Å². The topological polar surface area (TPSA) is 91.3 Å². The van der Waals surface area contributed by atoms with Gasteiger partial charge in [-0.05, 0) is 12.5 Å². The summed E-state index contributed by atoms with van der Waals surface area (Å²) in [6.45, 7) is 1.27. The molecule has 2 amide bonds. The van der Waals surface area contributed by atoms with Gasteiger partial charge in [-0.3, -0.25) is 9.59 Å². The Labute approximate surface area is 132 Å². The third kappa shape index (κ3) is 4.12. The van der Waals surface area contributed by atoms with Crippen molar-refractivity contribution in [3.63, 3.8) is 0 Å². The number of anilines is 1. The van der Waals surface area contributed by atoms with Crippen LogP contribution in [0.15, 0.2) is 41.9 Å². The molecular formula is C15H17N3O3S. The fraction of sp³-hybridized carbons (Fsp3) is 0.267. The number of carbonyl (C=O) groups excluding carboxylic acids is 2. The van der Waals surface area contributed by atoms with Crippen molar-refractivity contribution in [2.24, 2.45) is 0 Å². The average Bonchev–Trinajstić information content (AvgIpc) is 3.05. The van der Waals surface area contributed by atoms with Crippen LogP contribution in [0.5, 0.6) is 0 Å². The van der Waals surface area contributed by atoms with Gasteiger partial charge in [-0.1, -0.05) is 30.3 Å². The molecule has 0 aliphatic rings. The number of nitrogens with zero attached hydrogens (tertiary/aromatic N) is 1. The molecule has 2 aromatic rings. The van der Waals surface area contributed by atoms with Crippen LogP contribution in [-0.2, 0) is 9.59 Å². The van der Waals surface area contributed by atoms with Crippen LogP contribution in [0.2, 0.25) is 0 Å². The van der Waals surface area contributed by atoms with Gasteiger partial charge in [0.1, 0.15) is 6.04 Å². The molecule has 0 bridgehead atoms. The van der Waals surface area contributed by atoms with E-state index in [0.717, 1.165) is 5.56 Å². The van der Waals surface area contributed by atoms with E-state index >= 15 is 0 Å². The van der Waals surface area contributed by atoms with Crippen LogP contribution in [0.4, 0.5) is 5.13 Å². The lowest BCUT2D eigenvalue weighted by atomic mass is 10.00. The molecule has 0 saturated heterocycles. The summed E-state index contributed by atoms with van der Waals surface area (Å²) in [6.07, 6.45) is 1.56. The van der Waals surface area contributed by atoms with E-state index in [2.05, 4.69) is 15.6 Å². The lowest BCUT2D eigenvalue weighted by Gasteiger charge is -2.18. The molecule has 1 aromatic heterocycles. The summed E-state index contributed by atoms with van der Waals surface area (Å²) in [7, 11) is 0. The van der Waals surface area contributed by atoms with E-state index in [0.29, 0.717) is 5.13 Å². The number of hydrogen-bond donors (Lipinski definition) is 3. The van der Waals surface area contributed by atoms with Crippen molar-refractivity contribution in [3.05, 3.63) is 47.5 Å². The number of aliphatic hydroxyl groups excluding tert-OH is 1. The largest absolute Gasteiger partial charge is 0.394 e. The number of aromatic nitrogens is 1. The summed E-state index contributed by atoms with van der Waals surface area (Å²) >= 11 is 1.26. The summed E-state index contributed by atoms with van der Waals surface area (Å²) < 4.78 is 0. The fourth-order valence-electron chi connectivity index (χ4n) is 1.86. The fourth-order valence-corrected chi connectivity index (χ4v) is 2.39. The zero-order valence-electron chi connectivity index (χ0n) is 12.0. The molecule has 116 valence electrons. The van der Waals surface area contributed by atoms with Gasteiger partial charge in [-0.2, -0.15) is 0 Å². The molecule has 0 spiro atoms. The number of rotatable bonds is 6. The first-order valence-electron chi connectivity index (χ1n) is 6.78. The number of thiazole rings is 1. The van der Waals surface area contributed by atoms with E-state index < -0.39 is 24.5 Å². The minimum atomic E-state index is -1.01. The highest BCUT2D eigenvalue weighted by atomic mass is 32.1. The van der Waals surface area contributed by atoms with Gasteiger partial charge < -0.3 is 15.7 Å². The lowest BCUT2D eigenvalue weighted by Crippen LogP contribution is -2.47. The smallest absolute Gasteiger partial charge is 0.251 e. The van der Waals surface area contributed by atoms with Gasteiger partial charge in [-0.25, -0.2) is 4.98 Å². The summed E-state index contributed by atoms with van der Waals surface area (Å²) in [4.78, 5) is 28.1. The van der Waals surface area contributed by atoms with Crippen molar-refractivity contribution in [1.29, 1.82) is 0 Å². The second kappa shape index (κ2) is 7.67. The number of hydrogen-bond acceptors (Lipinski definition) is 5. The highest BCUT2D eigenvalue weighted by Gasteiger charge is 2.24. The van der Waals surface area contributed by atoms with Gasteiger partial charge in [0, 0.05) is 11.6 Å². The van der Waals surface area contributed by atoms with Crippen LogP contribution >= 0.6 is 11.3 Å². The van der Waals surface area contributed by atoms with Crippen LogP contribution in [0.25, 0.3) is 0 Å². The minimum Gasteiger partial charge on any atom is -0.394 e. The van der Waals surface area contributed by atoms with Crippen LogP contribution in [0.3, 0.4) is 0 Å². The van der Waals surface area contributed by atoms with Gasteiger partial charge in [0.05, 0.1) is 12.5 Å². The molecule has 0 fully saturated rings. The molecule has 1 heterocycles. The third-order valence-electron chi connectivity index (χ3n) is 3.17. The highest BCUT2D eigenvalue weighted by Crippen LogP contribution is 2.15. The zero-order chi connectivity index (χ0) is 15.9. The van der Waals surface area contributed by atoms with Gasteiger partial charge >= 0.3 is 0 Å². The van der Waals surface area contributed by atoms with Gasteiger partial charge in [0.2, 0.25) is 5.91 Å². The quantitative estimate of drug-likeness (QED) is 0.750. The first kappa shape index (κ1) is 16.1. The van der Waals surface area contributed by atoms with Crippen LogP contribution in [0, 0.1) is 0 Å². The normalized spacial score (nSPS) is 13.2. The zero-order valence-corrected chi connectivity index (χ0v) is 12.8. The summed E-state index contributed by atoms with van der Waals surface area (Å²) in [5.41, 5.74) is 0.844. The molecule has 0 saturated carbocycles. The Morgan fingerprint density at radius 3 is 2.59 bits per heavy atom. The summed E-state index contributed by atoms with van der Waals surface area (Å²) in [6, 6.07) is 8.23. The maximum absolute atomic E-state index is 12.2. The first-order chi connectivity index (χ1) is 10.6. The Morgan fingerprint density at radius 2 is 2.00 bits per heavy atom. The van der Waals surface area contributed by atoms with Gasteiger partial charge in [0.25, 0.3) is 5.91 Å². The molecule has 7 heteroatoms. The molecule has 6 nitrogen and oxygen atoms in total.